The fourth-order valence-electron chi connectivity index (χ4n) is 2.88. The number of hydrogen-bond donors (Lipinski definition) is 1. The van der Waals surface area contributed by atoms with E-state index >= 15 is 0 Å². The number of nitrogens with zero attached hydrogens (tertiary/aromatic N) is 3. The molecule has 3 rings (SSSR count). The average molecular weight is 325 g/mol. The molecular formula is C19H20FN3O. The Morgan fingerprint density at radius 1 is 1.00 bits per heavy atom. The third kappa shape index (κ3) is 3.36. The summed E-state index contributed by atoms with van der Waals surface area (Å²) in [6, 6.07) is 10.3. The molecule has 0 saturated carbocycles. The van der Waals surface area contributed by atoms with Crippen molar-refractivity contribution in [2.45, 2.75) is 19.3 Å². The molecule has 0 aliphatic carbocycles. The minimum Gasteiger partial charge on any atom is -0.396 e. The summed E-state index contributed by atoms with van der Waals surface area (Å²) in [5.41, 5.74) is 4.91. The minimum absolute atomic E-state index is 0.188. The number of aromatic nitrogens is 3. The van der Waals surface area contributed by atoms with Crippen molar-refractivity contribution < 1.29 is 9.50 Å². The lowest BCUT2D eigenvalue weighted by atomic mass is 9.97. The predicted molar refractivity (Wildman–Crippen MR) is 91.9 cm³/mol. The zero-order valence-corrected chi connectivity index (χ0v) is 13.6. The third-order valence-corrected chi connectivity index (χ3v) is 4.07. The van der Waals surface area contributed by atoms with E-state index in [0.29, 0.717) is 0 Å². The van der Waals surface area contributed by atoms with E-state index in [9.17, 15) is 4.39 Å². The van der Waals surface area contributed by atoms with Gasteiger partial charge in [0.15, 0.2) is 0 Å². The fraction of sp³-hybridized carbons (Fsp3) is 0.263. The lowest BCUT2D eigenvalue weighted by Gasteiger charge is -2.08. The SMILES string of the molecule is Cn1nc(-c2ccc(F)cc2)c(-c2ccncc2)c1CCCCO. The summed E-state index contributed by atoms with van der Waals surface area (Å²) in [5.74, 6) is -0.261. The summed E-state index contributed by atoms with van der Waals surface area (Å²) in [5, 5.41) is 13.7. The van der Waals surface area contributed by atoms with Crippen LogP contribution in [-0.2, 0) is 13.5 Å². The van der Waals surface area contributed by atoms with Crippen LogP contribution in [0.3, 0.4) is 0 Å². The molecule has 0 aliphatic heterocycles. The summed E-state index contributed by atoms with van der Waals surface area (Å²) >= 11 is 0. The van der Waals surface area contributed by atoms with Crippen molar-refractivity contribution in [3.63, 3.8) is 0 Å². The summed E-state index contributed by atoms with van der Waals surface area (Å²) in [6.45, 7) is 0.188. The second-order valence-electron chi connectivity index (χ2n) is 5.72. The first-order chi connectivity index (χ1) is 11.7. The third-order valence-electron chi connectivity index (χ3n) is 4.07. The van der Waals surface area contributed by atoms with E-state index in [4.69, 9.17) is 5.11 Å². The topological polar surface area (TPSA) is 50.9 Å². The second kappa shape index (κ2) is 7.36. The highest BCUT2D eigenvalue weighted by molar-refractivity contribution is 5.82. The maximum absolute atomic E-state index is 13.3. The maximum Gasteiger partial charge on any atom is 0.123 e. The quantitative estimate of drug-likeness (QED) is 0.705. The van der Waals surface area contributed by atoms with Crippen molar-refractivity contribution in [3.8, 4) is 22.4 Å². The molecule has 0 atom stereocenters. The second-order valence-corrected chi connectivity index (χ2v) is 5.72. The molecule has 0 radical (unpaired) electrons. The largest absolute Gasteiger partial charge is 0.396 e. The Balaban J connectivity index is 2.11. The molecule has 0 spiro atoms. The van der Waals surface area contributed by atoms with Crippen LogP contribution in [0.5, 0.6) is 0 Å². The van der Waals surface area contributed by atoms with Crippen LogP contribution in [0.2, 0.25) is 0 Å². The van der Waals surface area contributed by atoms with Gasteiger partial charge in [-0.2, -0.15) is 5.10 Å². The first kappa shape index (κ1) is 16.3. The van der Waals surface area contributed by atoms with Crippen molar-refractivity contribution in [2.24, 2.45) is 7.05 Å². The lowest BCUT2D eigenvalue weighted by Crippen LogP contribution is -2.00. The normalized spacial score (nSPS) is 11.0. The van der Waals surface area contributed by atoms with Crippen molar-refractivity contribution in [1.82, 2.24) is 14.8 Å². The Morgan fingerprint density at radius 2 is 1.71 bits per heavy atom. The molecule has 24 heavy (non-hydrogen) atoms. The molecule has 0 fully saturated rings. The van der Waals surface area contributed by atoms with Crippen LogP contribution in [0.15, 0.2) is 48.8 Å². The average Bonchev–Trinajstić information content (AvgIpc) is 2.93. The standard InChI is InChI=1S/C19H20FN3O/c1-23-17(4-2-3-13-24)18(14-9-11-21-12-10-14)19(22-23)15-5-7-16(20)8-6-15/h5-12,24H,2-4,13H2,1H3. The van der Waals surface area contributed by atoms with Gasteiger partial charge in [-0.3, -0.25) is 9.67 Å². The van der Waals surface area contributed by atoms with Crippen molar-refractivity contribution in [1.29, 1.82) is 0 Å². The van der Waals surface area contributed by atoms with Crippen LogP contribution in [-0.4, -0.2) is 26.5 Å². The number of hydrogen-bond acceptors (Lipinski definition) is 3. The molecular weight excluding hydrogens is 305 g/mol. The molecule has 0 unspecified atom stereocenters. The van der Waals surface area contributed by atoms with E-state index in [1.54, 1.807) is 24.5 Å². The van der Waals surface area contributed by atoms with E-state index in [1.165, 1.54) is 12.1 Å². The van der Waals surface area contributed by atoms with Crippen LogP contribution in [0.25, 0.3) is 22.4 Å². The summed E-state index contributed by atoms with van der Waals surface area (Å²) in [4.78, 5) is 4.09. The number of aliphatic hydroxyl groups excluding tert-OH is 1. The van der Waals surface area contributed by atoms with E-state index < -0.39 is 0 Å². The molecule has 0 saturated heterocycles. The Labute approximate surface area is 140 Å². The van der Waals surface area contributed by atoms with Gasteiger partial charge in [-0.05, 0) is 61.2 Å². The van der Waals surface area contributed by atoms with Crippen molar-refractivity contribution in [2.75, 3.05) is 6.61 Å². The molecule has 0 bridgehead atoms. The van der Waals surface area contributed by atoms with Gasteiger partial charge >= 0.3 is 0 Å². The molecule has 0 aliphatic rings. The van der Waals surface area contributed by atoms with Crippen LogP contribution in [0, 0.1) is 5.82 Å². The van der Waals surface area contributed by atoms with Crippen LogP contribution in [0.4, 0.5) is 4.39 Å². The Hall–Kier alpha value is -2.53. The Kier molecular flexibility index (Phi) is 5.01. The molecule has 4 nitrogen and oxygen atoms in total. The molecule has 124 valence electrons. The van der Waals surface area contributed by atoms with Gasteiger partial charge in [0, 0.05) is 42.9 Å². The van der Waals surface area contributed by atoms with Gasteiger partial charge in [0.05, 0.1) is 0 Å². The first-order valence-corrected chi connectivity index (χ1v) is 8.03. The van der Waals surface area contributed by atoms with Gasteiger partial charge in [0.25, 0.3) is 0 Å². The predicted octanol–water partition coefficient (Wildman–Crippen LogP) is 3.60. The zero-order chi connectivity index (χ0) is 16.9. The van der Waals surface area contributed by atoms with Crippen LogP contribution in [0.1, 0.15) is 18.5 Å². The molecule has 1 N–H and O–H groups in total. The number of unbranched alkanes of at least 4 members (excludes halogenated alkanes) is 1. The van der Waals surface area contributed by atoms with Gasteiger partial charge in [-0.1, -0.05) is 0 Å². The highest BCUT2D eigenvalue weighted by atomic mass is 19.1. The molecule has 5 heteroatoms. The lowest BCUT2D eigenvalue weighted by molar-refractivity contribution is 0.284. The molecule has 1 aromatic carbocycles. The van der Waals surface area contributed by atoms with Crippen LogP contribution < -0.4 is 0 Å². The highest BCUT2D eigenvalue weighted by Crippen LogP contribution is 2.34. The smallest absolute Gasteiger partial charge is 0.123 e. The number of pyridine rings is 1. The molecule has 2 heterocycles. The van der Waals surface area contributed by atoms with E-state index in [0.717, 1.165) is 47.3 Å². The van der Waals surface area contributed by atoms with Gasteiger partial charge in [-0.15, -0.1) is 0 Å². The first-order valence-electron chi connectivity index (χ1n) is 8.03. The van der Waals surface area contributed by atoms with E-state index in [2.05, 4.69) is 10.1 Å². The maximum atomic E-state index is 13.3. The number of aryl methyl sites for hydroxylation is 1. The Morgan fingerprint density at radius 3 is 2.38 bits per heavy atom. The van der Waals surface area contributed by atoms with Crippen LogP contribution >= 0.6 is 0 Å². The number of aliphatic hydroxyl groups is 1. The Bertz CT molecular complexity index is 797. The van der Waals surface area contributed by atoms with Gasteiger partial charge in [0.2, 0.25) is 0 Å². The number of halogens is 1. The number of rotatable bonds is 6. The minimum atomic E-state index is -0.261. The summed E-state index contributed by atoms with van der Waals surface area (Å²) < 4.78 is 15.1. The van der Waals surface area contributed by atoms with Gasteiger partial charge < -0.3 is 5.11 Å². The zero-order valence-electron chi connectivity index (χ0n) is 13.6. The monoisotopic (exact) mass is 325 g/mol. The molecule has 2 aromatic heterocycles. The van der Waals surface area contributed by atoms with Crippen molar-refractivity contribution >= 4 is 0 Å². The highest BCUT2D eigenvalue weighted by Gasteiger charge is 2.19. The summed E-state index contributed by atoms with van der Waals surface area (Å²) in [7, 11) is 1.92. The summed E-state index contributed by atoms with van der Waals surface area (Å²) in [6.07, 6.45) is 5.98. The fourth-order valence-corrected chi connectivity index (χ4v) is 2.88. The van der Waals surface area contributed by atoms with E-state index in [1.807, 2.05) is 23.9 Å². The van der Waals surface area contributed by atoms with E-state index in [-0.39, 0.29) is 12.4 Å². The van der Waals surface area contributed by atoms with Gasteiger partial charge in [0.1, 0.15) is 11.5 Å². The molecule has 0 amide bonds. The number of benzene rings is 1. The molecule has 3 aromatic rings. The van der Waals surface area contributed by atoms with Crippen molar-refractivity contribution in [3.05, 3.63) is 60.3 Å². The van der Waals surface area contributed by atoms with Gasteiger partial charge in [-0.25, -0.2) is 4.39 Å².